The van der Waals surface area contributed by atoms with Gasteiger partial charge in [0.1, 0.15) is 0 Å². The maximum Gasteiger partial charge on any atom is 0.272 e. The average Bonchev–Trinajstić information content (AvgIpc) is 2.47. The van der Waals surface area contributed by atoms with Crippen LogP contribution in [-0.4, -0.2) is 31.2 Å². The second kappa shape index (κ2) is 6.99. The van der Waals surface area contributed by atoms with Crippen LogP contribution in [0.1, 0.15) is 15.9 Å². The van der Waals surface area contributed by atoms with E-state index in [1.54, 1.807) is 24.5 Å². The lowest BCUT2D eigenvalue weighted by Gasteiger charge is -2.14. The molecule has 0 aliphatic carbocycles. The summed E-state index contributed by atoms with van der Waals surface area (Å²) in [7, 11) is 3.95. The molecule has 0 saturated heterocycles. The summed E-state index contributed by atoms with van der Waals surface area (Å²) >= 11 is 3.51. The highest BCUT2D eigenvalue weighted by Crippen LogP contribution is 2.25. The number of carbonyl (C=O) groups is 1. The van der Waals surface area contributed by atoms with Crippen molar-refractivity contribution in [2.75, 3.05) is 19.0 Å². The van der Waals surface area contributed by atoms with E-state index >= 15 is 0 Å². The Bertz CT molecular complexity index is 656. The lowest BCUT2D eigenvalue weighted by atomic mass is 10.2. The molecule has 1 N–H and O–H groups in total. The zero-order chi connectivity index (χ0) is 15.2. The molecule has 1 amide bonds. The van der Waals surface area contributed by atoms with E-state index in [4.69, 9.17) is 0 Å². The number of hydrogen-bond donors (Lipinski definition) is 1. The zero-order valence-corrected chi connectivity index (χ0v) is 13.3. The van der Waals surface area contributed by atoms with Crippen LogP contribution in [0.2, 0.25) is 0 Å². The fraction of sp³-hybridized carbons (Fsp3) is 0.133. The first-order chi connectivity index (χ1) is 10.1. The second-order valence-electron chi connectivity index (χ2n) is 4.55. The Morgan fingerprint density at radius 1 is 1.38 bits per heavy atom. The molecule has 0 aliphatic heterocycles. The van der Waals surface area contributed by atoms with E-state index < -0.39 is 0 Å². The van der Waals surface area contributed by atoms with Gasteiger partial charge in [0.2, 0.25) is 0 Å². The number of halogens is 1. The van der Waals surface area contributed by atoms with Crippen molar-refractivity contribution in [3.63, 3.8) is 0 Å². The van der Waals surface area contributed by atoms with Gasteiger partial charge in [-0.3, -0.25) is 9.78 Å². The number of aromatic nitrogens is 1. The van der Waals surface area contributed by atoms with Crippen molar-refractivity contribution in [2.45, 2.75) is 0 Å². The molecule has 0 spiro atoms. The van der Waals surface area contributed by atoms with Crippen LogP contribution in [-0.2, 0) is 0 Å². The minimum atomic E-state index is -0.289. The highest BCUT2D eigenvalue weighted by molar-refractivity contribution is 9.10. The number of amides is 1. The number of hydrazone groups is 1. The van der Waals surface area contributed by atoms with Crippen LogP contribution in [0.25, 0.3) is 0 Å². The van der Waals surface area contributed by atoms with Crippen LogP contribution < -0.4 is 10.3 Å². The molecule has 2 rings (SSSR count). The molecule has 5 nitrogen and oxygen atoms in total. The van der Waals surface area contributed by atoms with Crippen molar-refractivity contribution in [1.82, 2.24) is 10.4 Å². The van der Waals surface area contributed by atoms with Gasteiger partial charge >= 0.3 is 0 Å². The van der Waals surface area contributed by atoms with Gasteiger partial charge < -0.3 is 4.90 Å². The summed E-state index contributed by atoms with van der Waals surface area (Å²) in [6.45, 7) is 0. The number of hydrogen-bond acceptors (Lipinski definition) is 4. The molecule has 1 aromatic heterocycles. The van der Waals surface area contributed by atoms with Crippen LogP contribution in [0.4, 0.5) is 5.69 Å². The molecule has 1 heterocycles. The van der Waals surface area contributed by atoms with Gasteiger partial charge in [0.15, 0.2) is 0 Å². The molecule has 0 radical (unpaired) electrons. The minimum absolute atomic E-state index is 0.289. The van der Waals surface area contributed by atoms with Crippen LogP contribution in [0, 0.1) is 0 Å². The van der Waals surface area contributed by atoms with Crippen LogP contribution >= 0.6 is 15.9 Å². The second-order valence-corrected chi connectivity index (χ2v) is 5.40. The molecule has 0 unspecified atom stereocenters. The number of nitrogens with one attached hydrogen (secondary N) is 1. The monoisotopic (exact) mass is 346 g/mol. The Labute approximate surface area is 131 Å². The predicted octanol–water partition coefficient (Wildman–Crippen LogP) is 2.67. The van der Waals surface area contributed by atoms with Crippen molar-refractivity contribution in [1.29, 1.82) is 0 Å². The van der Waals surface area contributed by atoms with Gasteiger partial charge in [0.05, 0.1) is 17.5 Å². The quantitative estimate of drug-likeness (QED) is 0.683. The number of carbonyl (C=O) groups excluding carboxylic acids is 1. The van der Waals surface area contributed by atoms with E-state index in [0.717, 1.165) is 15.7 Å². The number of rotatable bonds is 4. The summed E-state index contributed by atoms with van der Waals surface area (Å²) in [6.07, 6.45) is 4.70. The molecule has 0 aliphatic rings. The molecule has 6 heteroatoms. The van der Waals surface area contributed by atoms with Crippen molar-refractivity contribution in [3.05, 3.63) is 58.3 Å². The SMILES string of the molecule is CN(C)c1ccc(C=NNC(=O)c2cccnc2)cc1Br. The first-order valence-electron chi connectivity index (χ1n) is 6.28. The standard InChI is InChI=1S/C15H15BrN4O/c1-20(2)14-6-5-11(8-13(14)16)9-18-19-15(21)12-4-3-7-17-10-12/h3-10H,1-2H3,(H,19,21). The Morgan fingerprint density at radius 3 is 2.81 bits per heavy atom. The number of benzene rings is 1. The Kier molecular flexibility index (Phi) is 5.05. The molecule has 2 aromatic rings. The third kappa shape index (κ3) is 4.13. The highest BCUT2D eigenvalue weighted by Gasteiger charge is 2.04. The lowest BCUT2D eigenvalue weighted by Crippen LogP contribution is -2.17. The fourth-order valence-corrected chi connectivity index (χ4v) is 2.44. The summed E-state index contributed by atoms with van der Waals surface area (Å²) in [5.41, 5.74) is 4.90. The molecule has 21 heavy (non-hydrogen) atoms. The van der Waals surface area contributed by atoms with Gasteiger partial charge in [-0.2, -0.15) is 5.10 Å². The summed E-state index contributed by atoms with van der Waals surface area (Å²) in [5.74, 6) is -0.289. The van der Waals surface area contributed by atoms with Crippen molar-refractivity contribution >= 4 is 33.7 Å². The topological polar surface area (TPSA) is 57.6 Å². The van der Waals surface area contributed by atoms with E-state index in [9.17, 15) is 4.79 Å². The summed E-state index contributed by atoms with van der Waals surface area (Å²) < 4.78 is 0.968. The molecular weight excluding hydrogens is 332 g/mol. The highest BCUT2D eigenvalue weighted by atomic mass is 79.9. The van der Waals surface area contributed by atoms with Gasteiger partial charge in [-0.15, -0.1) is 0 Å². The number of pyridine rings is 1. The third-order valence-electron chi connectivity index (χ3n) is 2.76. The smallest absolute Gasteiger partial charge is 0.272 e. The van der Waals surface area contributed by atoms with Gasteiger partial charge in [-0.1, -0.05) is 6.07 Å². The molecule has 0 bridgehead atoms. The van der Waals surface area contributed by atoms with Crippen molar-refractivity contribution in [2.24, 2.45) is 5.10 Å². The maximum atomic E-state index is 11.8. The fourth-order valence-electron chi connectivity index (χ4n) is 1.69. The van der Waals surface area contributed by atoms with Crippen molar-refractivity contribution in [3.8, 4) is 0 Å². The molecule has 0 saturated carbocycles. The van der Waals surface area contributed by atoms with E-state index in [1.807, 2.05) is 37.2 Å². The van der Waals surface area contributed by atoms with Crippen molar-refractivity contribution < 1.29 is 4.79 Å². The van der Waals surface area contributed by atoms with Crippen LogP contribution in [0.5, 0.6) is 0 Å². The number of anilines is 1. The Morgan fingerprint density at radius 2 is 2.19 bits per heavy atom. The van der Waals surface area contributed by atoms with Gasteiger partial charge in [-0.25, -0.2) is 5.43 Å². The van der Waals surface area contributed by atoms with Crippen LogP contribution in [0.3, 0.4) is 0 Å². The molecule has 108 valence electrons. The first kappa shape index (κ1) is 15.2. The van der Waals surface area contributed by atoms with Gasteiger partial charge in [0, 0.05) is 31.0 Å². The van der Waals surface area contributed by atoms with Crippen LogP contribution in [0.15, 0.2) is 52.3 Å². The summed E-state index contributed by atoms with van der Waals surface area (Å²) in [4.78, 5) is 17.7. The summed E-state index contributed by atoms with van der Waals surface area (Å²) in [6, 6.07) is 9.24. The van der Waals surface area contributed by atoms with Gasteiger partial charge in [0.25, 0.3) is 5.91 Å². The van der Waals surface area contributed by atoms with E-state index in [0.29, 0.717) is 5.56 Å². The predicted molar refractivity (Wildman–Crippen MR) is 87.8 cm³/mol. The minimum Gasteiger partial charge on any atom is -0.377 e. The molecule has 1 aromatic carbocycles. The summed E-state index contributed by atoms with van der Waals surface area (Å²) in [5, 5.41) is 3.95. The first-order valence-corrected chi connectivity index (χ1v) is 7.07. The third-order valence-corrected chi connectivity index (χ3v) is 3.39. The normalized spacial score (nSPS) is 10.6. The number of nitrogens with zero attached hydrogens (tertiary/aromatic N) is 3. The Balaban J connectivity index is 2.02. The van der Waals surface area contributed by atoms with E-state index in [1.165, 1.54) is 6.20 Å². The van der Waals surface area contributed by atoms with E-state index in [-0.39, 0.29) is 5.91 Å². The van der Waals surface area contributed by atoms with Gasteiger partial charge in [-0.05, 0) is 45.8 Å². The largest absolute Gasteiger partial charge is 0.377 e. The lowest BCUT2D eigenvalue weighted by molar-refractivity contribution is 0.0955. The maximum absolute atomic E-state index is 11.8. The van der Waals surface area contributed by atoms with E-state index in [2.05, 4.69) is 31.4 Å². The average molecular weight is 347 g/mol. The molecule has 0 fully saturated rings. The Hall–Kier alpha value is -2.21. The molecular formula is C15H15BrN4O. The molecule has 0 atom stereocenters. The zero-order valence-electron chi connectivity index (χ0n) is 11.7.